The van der Waals surface area contributed by atoms with Crippen LogP contribution < -0.4 is 0 Å². The summed E-state index contributed by atoms with van der Waals surface area (Å²) in [6, 6.07) is 2.10. The van der Waals surface area contributed by atoms with Crippen molar-refractivity contribution in [3.8, 4) is 0 Å². The van der Waals surface area contributed by atoms with Gasteiger partial charge < -0.3 is 9.67 Å². The quantitative estimate of drug-likeness (QED) is 0.889. The van der Waals surface area contributed by atoms with Crippen molar-refractivity contribution in [2.45, 2.75) is 45.4 Å². The zero-order valence-electron chi connectivity index (χ0n) is 13.3. The fourth-order valence-corrected chi connectivity index (χ4v) is 3.11. The lowest BCUT2D eigenvalue weighted by atomic mass is 9.96. The molecule has 3 rings (SSSR count). The number of hydrogen-bond donors (Lipinski definition) is 1. The van der Waals surface area contributed by atoms with Crippen molar-refractivity contribution in [3.63, 3.8) is 0 Å². The third kappa shape index (κ3) is 3.05. The van der Waals surface area contributed by atoms with Crippen LogP contribution in [-0.4, -0.2) is 47.6 Å². The maximum absolute atomic E-state index is 9.22. The van der Waals surface area contributed by atoms with Crippen LogP contribution in [0.15, 0.2) is 12.3 Å². The van der Waals surface area contributed by atoms with Crippen molar-refractivity contribution in [2.24, 2.45) is 7.05 Å². The standard InChI is InChI=1S/C15H24N6O/c1-3-21-9-6-13(18-21)10-20-7-4-12(5-8-20)15-17-16-14(11-22)19(15)2/h6,9,12,22H,3-5,7-8,10-11H2,1-2H3. The number of piperidine rings is 1. The molecule has 0 amide bonds. The van der Waals surface area contributed by atoms with Crippen LogP contribution in [-0.2, 0) is 26.7 Å². The number of aliphatic hydroxyl groups excluding tert-OH is 1. The van der Waals surface area contributed by atoms with Crippen LogP contribution in [0.25, 0.3) is 0 Å². The van der Waals surface area contributed by atoms with Gasteiger partial charge in [0.2, 0.25) is 0 Å². The van der Waals surface area contributed by atoms with Crippen LogP contribution >= 0.6 is 0 Å². The molecule has 1 aliphatic rings. The highest BCUT2D eigenvalue weighted by Gasteiger charge is 2.25. The molecule has 0 radical (unpaired) electrons. The van der Waals surface area contributed by atoms with Gasteiger partial charge in [-0.3, -0.25) is 9.58 Å². The molecule has 7 nitrogen and oxygen atoms in total. The van der Waals surface area contributed by atoms with Gasteiger partial charge in [0.25, 0.3) is 0 Å². The Morgan fingerprint density at radius 1 is 1.27 bits per heavy atom. The van der Waals surface area contributed by atoms with Crippen LogP contribution in [0, 0.1) is 0 Å². The van der Waals surface area contributed by atoms with Gasteiger partial charge in [-0.15, -0.1) is 10.2 Å². The SMILES string of the molecule is CCn1ccc(CN2CCC(c3nnc(CO)n3C)CC2)n1. The highest BCUT2D eigenvalue weighted by molar-refractivity contribution is 5.04. The van der Waals surface area contributed by atoms with Gasteiger partial charge in [-0.2, -0.15) is 5.10 Å². The van der Waals surface area contributed by atoms with Gasteiger partial charge in [0, 0.05) is 32.3 Å². The normalized spacial score (nSPS) is 17.2. The molecule has 22 heavy (non-hydrogen) atoms. The first kappa shape index (κ1) is 15.2. The van der Waals surface area contributed by atoms with Gasteiger partial charge >= 0.3 is 0 Å². The number of nitrogens with zero attached hydrogens (tertiary/aromatic N) is 6. The second kappa shape index (κ2) is 6.58. The summed E-state index contributed by atoms with van der Waals surface area (Å²) >= 11 is 0. The second-order valence-electron chi connectivity index (χ2n) is 5.90. The highest BCUT2D eigenvalue weighted by Crippen LogP contribution is 2.27. The van der Waals surface area contributed by atoms with E-state index in [1.54, 1.807) is 0 Å². The maximum atomic E-state index is 9.22. The van der Waals surface area contributed by atoms with E-state index in [4.69, 9.17) is 0 Å². The molecule has 1 fully saturated rings. The number of likely N-dealkylation sites (tertiary alicyclic amines) is 1. The van der Waals surface area contributed by atoms with Gasteiger partial charge in [-0.05, 0) is 38.9 Å². The Balaban J connectivity index is 1.56. The van der Waals surface area contributed by atoms with Crippen LogP contribution in [0.3, 0.4) is 0 Å². The Kier molecular flexibility index (Phi) is 4.54. The van der Waals surface area contributed by atoms with E-state index in [1.165, 1.54) is 0 Å². The van der Waals surface area contributed by atoms with Crippen LogP contribution in [0.5, 0.6) is 0 Å². The molecule has 0 aliphatic carbocycles. The van der Waals surface area contributed by atoms with Crippen LogP contribution in [0.1, 0.15) is 43.0 Å². The molecule has 120 valence electrons. The third-order valence-corrected chi connectivity index (χ3v) is 4.50. The van der Waals surface area contributed by atoms with Crippen molar-refractivity contribution in [2.75, 3.05) is 13.1 Å². The lowest BCUT2D eigenvalue weighted by Gasteiger charge is -2.30. The summed E-state index contributed by atoms with van der Waals surface area (Å²) < 4.78 is 3.90. The van der Waals surface area contributed by atoms with Gasteiger partial charge in [-0.25, -0.2) is 0 Å². The Labute approximate surface area is 130 Å². The molecule has 0 bridgehead atoms. The van der Waals surface area contributed by atoms with Gasteiger partial charge in [-0.1, -0.05) is 0 Å². The minimum Gasteiger partial charge on any atom is -0.388 e. The van der Waals surface area contributed by atoms with E-state index >= 15 is 0 Å². The van der Waals surface area contributed by atoms with Crippen molar-refractivity contribution in [1.29, 1.82) is 0 Å². The maximum Gasteiger partial charge on any atom is 0.158 e. The molecule has 2 aromatic rings. The van der Waals surface area contributed by atoms with E-state index in [0.29, 0.717) is 11.7 Å². The molecule has 0 atom stereocenters. The first-order valence-electron chi connectivity index (χ1n) is 7.95. The largest absolute Gasteiger partial charge is 0.388 e. The topological polar surface area (TPSA) is 72.0 Å². The summed E-state index contributed by atoms with van der Waals surface area (Å²) in [6.07, 6.45) is 4.19. The third-order valence-electron chi connectivity index (χ3n) is 4.50. The minimum atomic E-state index is -0.0531. The average Bonchev–Trinajstić information content (AvgIpc) is 3.14. The lowest BCUT2D eigenvalue weighted by molar-refractivity contribution is 0.197. The van der Waals surface area contributed by atoms with Crippen molar-refractivity contribution >= 4 is 0 Å². The minimum absolute atomic E-state index is 0.0531. The van der Waals surface area contributed by atoms with Crippen LogP contribution in [0.4, 0.5) is 0 Å². The Hall–Kier alpha value is -1.73. The van der Waals surface area contributed by atoms with E-state index < -0.39 is 0 Å². The first-order chi connectivity index (χ1) is 10.7. The number of aromatic nitrogens is 5. The Morgan fingerprint density at radius 3 is 2.64 bits per heavy atom. The van der Waals surface area contributed by atoms with Crippen molar-refractivity contribution in [1.82, 2.24) is 29.4 Å². The molecule has 0 unspecified atom stereocenters. The first-order valence-corrected chi connectivity index (χ1v) is 7.95. The Morgan fingerprint density at radius 2 is 2.05 bits per heavy atom. The fraction of sp³-hybridized carbons (Fsp3) is 0.667. The average molecular weight is 304 g/mol. The molecule has 0 spiro atoms. The summed E-state index contributed by atoms with van der Waals surface area (Å²) in [4.78, 5) is 2.45. The molecule has 1 N–H and O–H groups in total. The fourth-order valence-electron chi connectivity index (χ4n) is 3.11. The summed E-state index contributed by atoms with van der Waals surface area (Å²) in [5, 5.41) is 22.1. The van der Waals surface area contributed by atoms with E-state index in [1.807, 2.05) is 22.5 Å². The van der Waals surface area contributed by atoms with Crippen molar-refractivity contribution in [3.05, 3.63) is 29.6 Å². The predicted molar refractivity (Wildman–Crippen MR) is 82.1 cm³/mol. The number of aliphatic hydroxyl groups is 1. The van der Waals surface area contributed by atoms with E-state index in [9.17, 15) is 5.11 Å². The highest BCUT2D eigenvalue weighted by atomic mass is 16.3. The smallest absolute Gasteiger partial charge is 0.158 e. The second-order valence-corrected chi connectivity index (χ2v) is 5.90. The monoisotopic (exact) mass is 304 g/mol. The summed E-state index contributed by atoms with van der Waals surface area (Å²) in [6.45, 7) is 5.98. The number of hydrogen-bond acceptors (Lipinski definition) is 5. The molecule has 3 heterocycles. The summed E-state index contributed by atoms with van der Waals surface area (Å²) in [5.74, 6) is 2.07. The lowest BCUT2D eigenvalue weighted by Crippen LogP contribution is -2.33. The number of rotatable bonds is 5. The molecular weight excluding hydrogens is 280 g/mol. The zero-order chi connectivity index (χ0) is 15.5. The molecule has 2 aromatic heterocycles. The van der Waals surface area contributed by atoms with E-state index in [2.05, 4.69) is 33.2 Å². The van der Waals surface area contributed by atoms with Gasteiger partial charge in [0.1, 0.15) is 12.4 Å². The molecular formula is C15H24N6O. The van der Waals surface area contributed by atoms with Gasteiger partial charge in [0.15, 0.2) is 5.82 Å². The molecule has 1 aliphatic heterocycles. The Bertz CT molecular complexity index is 611. The zero-order valence-corrected chi connectivity index (χ0v) is 13.3. The van der Waals surface area contributed by atoms with Gasteiger partial charge in [0.05, 0.1) is 5.69 Å². The molecule has 0 saturated carbocycles. The summed E-state index contributed by atoms with van der Waals surface area (Å²) in [5.41, 5.74) is 1.14. The van der Waals surface area contributed by atoms with E-state index in [0.717, 1.165) is 50.5 Å². The molecule has 7 heteroatoms. The predicted octanol–water partition coefficient (Wildman–Crippen LogP) is 0.903. The van der Waals surface area contributed by atoms with E-state index in [-0.39, 0.29) is 6.61 Å². The van der Waals surface area contributed by atoms with Crippen molar-refractivity contribution < 1.29 is 5.11 Å². The molecule has 1 saturated heterocycles. The molecule has 0 aromatic carbocycles. The number of aryl methyl sites for hydroxylation is 1. The summed E-state index contributed by atoms with van der Waals surface area (Å²) in [7, 11) is 1.94. The van der Waals surface area contributed by atoms with Crippen LogP contribution in [0.2, 0.25) is 0 Å².